The van der Waals surface area contributed by atoms with E-state index in [9.17, 15) is 9.90 Å². The number of piperidine rings is 1. The Morgan fingerprint density at radius 3 is 2.70 bits per heavy atom. The predicted molar refractivity (Wildman–Crippen MR) is 81.8 cm³/mol. The summed E-state index contributed by atoms with van der Waals surface area (Å²) < 4.78 is 0. The molecule has 1 aliphatic heterocycles. The molecule has 0 bridgehead atoms. The molecule has 0 aliphatic carbocycles. The second-order valence-corrected chi connectivity index (χ2v) is 7.03. The molecule has 110 valence electrons. The second kappa shape index (κ2) is 6.06. The van der Waals surface area contributed by atoms with Crippen LogP contribution in [0.1, 0.15) is 20.3 Å². The molecule has 3 N–H and O–H groups in total. The van der Waals surface area contributed by atoms with Crippen molar-refractivity contribution in [2.75, 3.05) is 18.8 Å². The molecule has 1 heterocycles. The number of thioether (sulfide) groups is 1. The van der Waals surface area contributed by atoms with Gasteiger partial charge in [0.15, 0.2) is 0 Å². The van der Waals surface area contributed by atoms with E-state index in [1.807, 2.05) is 17.0 Å². The van der Waals surface area contributed by atoms with Gasteiger partial charge in [0.1, 0.15) is 5.75 Å². The lowest BCUT2D eigenvalue weighted by Crippen LogP contribution is -2.54. The highest BCUT2D eigenvalue weighted by atomic mass is 32.2. The van der Waals surface area contributed by atoms with E-state index >= 15 is 0 Å². The van der Waals surface area contributed by atoms with Crippen LogP contribution in [0, 0.1) is 5.41 Å². The predicted octanol–water partition coefficient (Wildman–Crippen LogP) is 2.07. The van der Waals surface area contributed by atoms with E-state index in [2.05, 4.69) is 13.8 Å². The number of hydrogen-bond acceptors (Lipinski definition) is 4. The first-order chi connectivity index (χ1) is 9.38. The molecule has 0 radical (unpaired) electrons. The minimum atomic E-state index is -0.0168. The van der Waals surface area contributed by atoms with Gasteiger partial charge in [0.25, 0.3) is 0 Å². The molecule has 0 spiro atoms. The van der Waals surface area contributed by atoms with Gasteiger partial charge in [0, 0.05) is 24.0 Å². The smallest absolute Gasteiger partial charge is 0.232 e. The molecule has 1 fully saturated rings. The van der Waals surface area contributed by atoms with E-state index < -0.39 is 0 Å². The minimum absolute atomic E-state index is 0.0168. The van der Waals surface area contributed by atoms with Gasteiger partial charge in [-0.2, -0.15) is 0 Å². The number of nitrogens with two attached hydrogens (primary N) is 1. The maximum Gasteiger partial charge on any atom is 0.232 e. The highest BCUT2D eigenvalue weighted by molar-refractivity contribution is 8.00. The summed E-state index contributed by atoms with van der Waals surface area (Å²) in [5.41, 5.74) is 6.07. The van der Waals surface area contributed by atoms with E-state index in [-0.39, 0.29) is 23.1 Å². The number of nitrogens with zero attached hydrogens (tertiary/aromatic N) is 1. The number of carbonyl (C=O) groups is 1. The van der Waals surface area contributed by atoms with Crippen LogP contribution in [-0.2, 0) is 4.79 Å². The van der Waals surface area contributed by atoms with Crippen molar-refractivity contribution in [2.45, 2.75) is 31.2 Å². The number of benzene rings is 1. The van der Waals surface area contributed by atoms with Crippen LogP contribution in [0.2, 0.25) is 0 Å². The van der Waals surface area contributed by atoms with E-state index in [1.165, 1.54) is 11.8 Å². The molecule has 0 saturated carbocycles. The molecular weight excluding hydrogens is 272 g/mol. The third-order valence-corrected chi connectivity index (χ3v) is 4.86. The average molecular weight is 294 g/mol. The molecule has 1 unspecified atom stereocenters. The topological polar surface area (TPSA) is 66.6 Å². The van der Waals surface area contributed by atoms with Gasteiger partial charge in [-0.05, 0) is 36.1 Å². The fourth-order valence-electron chi connectivity index (χ4n) is 2.37. The molecule has 1 aliphatic rings. The molecule has 2 rings (SSSR count). The van der Waals surface area contributed by atoms with Crippen molar-refractivity contribution in [3.05, 3.63) is 24.3 Å². The Labute approximate surface area is 124 Å². The fourth-order valence-corrected chi connectivity index (χ4v) is 3.17. The molecule has 1 saturated heterocycles. The average Bonchev–Trinajstić information content (AvgIpc) is 2.41. The molecule has 1 atom stereocenters. The summed E-state index contributed by atoms with van der Waals surface area (Å²) in [6, 6.07) is 7.08. The molecule has 0 aromatic heterocycles. The van der Waals surface area contributed by atoms with Gasteiger partial charge in [0.05, 0.1) is 5.75 Å². The summed E-state index contributed by atoms with van der Waals surface area (Å²) in [6.45, 7) is 5.71. The number of aromatic hydroxyl groups is 1. The molecule has 5 heteroatoms. The van der Waals surface area contributed by atoms with Crippen molar-refractivity contribution in [1.29, 1.82) is 0 Å². The standard InChI is InChI=1S/C15H22N2O2S/c1-15(2)10-17(8-7-13(15)16)14(19)9-20-12-5-3-11(18)4-6-12/h3-6,13,18H,7-10,16H2,1-2H3. The number of phenols is 1. The lowest BCUT2D eigenvalue weighted by molar-refractivity contribution is -0.131. The Bertz CT molecular complexity index is 473. The van der Waals surface area contributed by atoms with Gasteiger partial charge >= 0.3 is 0 Å². The molecule has 1 aromatic carbocycles. The highest BCUT2D eigenvalue weighted by Crippen LogP contribution is 2.28. The SMILES string of the molecule is CC1(C)CN(C(=O)CSc2ccc(O)cc2)CCC1N. The van der Waals surface area contributed by atoms with Gasteiger partial charge in [0.2, 0.25) is 5.91 Å². The first kappa shape index (κ1) is 15.2. The van der Waals surface area contributed by atoms with E-state index in [0.717, 1.165) is 24.4 Å². The highest BCUT2D eigenvalue weighted by Gasteiger charge is 2.35. The Balaban J connectivity index is 1.87. The number of amides is 1. The van der Waals surface area contributed by atoms with E-state index in [4.69, 9.17) is 5.73 Å². The van der Waals surface area contributed by atoms with Crippen LogP contribution in [-0.4, -0.2) is 40.8 Å². The van der Waals surface area contributed by atoms with Crippen molar-refractivity contribution in [2.24, 2.45) is 11.1 Å². The van der Waals surface area contributed by atoms with Gasteiger partial charge < -0.3 is 15.7 Å². The molecule has 4 nitrogen and oxygen atoms in total. The number of likely N-dealkylation sites (tertiary alicyclic amines) is 1. The summed E-state index contributed by atoms with van der Waals surface area (Å²) in [5, 5.41) is 9.22. The zero-order chi connectivity index (χ0) is 14.8. The maximum atomic E-state index is 12.2. The van der Waals surface area contributed by atoms with Crippen LogP contribution < -0.4 is 5.73 Å². The number of hydrogen-bond donors (Lipinski definition) is 2. The quantitative estimate of drug-likeness (QED) is 0.838. The lowest BCUT2D eigenvalue weighted by atomic mass is 9.80. The maximum absolute atomic E-state index is 12.2. The molecule has 1 aromatic rings. The first-order valence-corrected chi connectivity index (χ1v) is 7.82. The van der Waals surface area contributed by atoms with Gasteiger partial charge in [-0.15, -0.1) is 11.8 Å². The van der Waals surface area contributed by atoms with Crippen molar-refractivity contribution < 1.29 is 9.90 Å². The third kappa shape index (κ3) is 3.67. The van der Waals surface area contributed by atoms with Crippen molar-refractivity contribution >= 4 is 17.7 Å². The van der Waals surface area contributed by atoms with Gasteiger partial charge in [-0.1, -0.05) is 13.8 Å². The number of carbonyl (C=O) groups excluding carboxylic acids is 1. The van der Waals surface area contributed by atoms with Crippen molar-refractivity contribution in [1.82, 2.24) is 4.90 Å². The molecular formula is C15H22N2O2S. The lowest BCUT2D eigenvalue weighted by Gasteiger charge is -2.42. The zero-order valence-electron chi connectivity index (χ0n) is 12.0. The minimum Gasteiger partial charge on any atom is -0.508 e. The monoisotopic (exact) mass is 294 g/mol. The summed E-state index contributed by atoms with van der Waals surface area (Å²) in [5.74, 6) is 0.825. The third-order valence-electron chi connectivity index (χ3n) is 3.86. The number of phenolic OH excluding ortho intramolecular Hbond substituents is 1. The van der Waals surface area contributed by atoms with Gasteiger partial charge in [-0.3, -0.25) is 4.79 Å². The first-order valence-electron chi connectivity index (χ1n) is 6.84. The van der Waals surface area contributed by atoms with Crippen LogP contribution in [0.15, 0.2) is 29.2 Å². The Morgan fingerprint density at radius 2 is 2.10 bits per heavy atom. The van der Waals surface area contributed by atoms with Crippen LogP contribution in [0.3, 0.4) is 0 Å². The molecule has 20 heavy (non-hydrogen) atoms. The van der Waals surface area contributed by atoms with Crippen LogP contribution in [0.25, 0.3) is 0 Å². The van der Waals surface area contributed by atoms with Crippen molar-refractivity contribution in [3.8, 4) is 5.75 Å². The summed E-state index contributed by atoms with van der Waals surface area (Å²) in [6.07, 6.45) is 0.864. The van der Waals surface area contributed by atoms with Crippen LogP contribution in [0.4, 0.5) is 0 Å². The number of rotatable bonds is 3. The van der Waals surface area contributed by atoms with E-state index in [0.29, 0.717) is 5.75 Å². The molecule has 1 amide bonds. The van der Waals surface area contributed by atoms with Crippen LogP contribution in [0.5, 0.6) is 5.75 Å². The van der Waals surface area contributed by atoms with E-state index in [1.54, 1.807) is 12.1 Å². The summed E-state index contributed by atoms with van der Waals surface area (Å²) in [4.78, 5) is 15.2. The van der Waals surface area contributed by atoms with Crippen molar-refractivity contribution in [3.63, 3.8) is 0 Å². The van der Waals surface area contributed by atoms with Gasteiger partial charge in [-0.25, -0.2) is 0 Å². The summed E-state index contributed by atoms with van der Waals surface area (Å²) in [7, 11) is 0. The second-order valence-electron chi connectivity index (χ2n) is 5.98. The Hall–Kier alpha value is -1.20. The Kier molecular flexibility index (Phi) is 4.60. The fraction of sp³-hybridized carbons (Fsp3) is 0.533. The largest absolute Gasteiger partial charge is 0.508 e. The summed E-state index contributed by atoms with van der Waals surface area (Å²) >= 11 is 1.50. The zero-order valence-corrected chi connectivity index (χ0v) is 12.8. The Morgan fingerprint density at radius 1 is 1.45 bits per heavy atom. The van der Waals surface area contributed by atoms with Crippen LogP contribution >= 0.6 is 11.8 Å². The normalized spacial score (nSPS) is 21.8.